The van der Waals surface area contributed by atoms with E-state index in [1.54, 1.807) is 52.0 Å². The number of ether oxygens (including phenoxy) is 3. The molecule has 5 fully saturated rings. The predicted octanol–water partition coefficient (Wildman–Crippen LogP) is 19.7. The van der Waals surface area contributed by atoms with Crippen molar-refractivity contribution < 1.29 is 74.1 Å². The van der Waals surface area contributed by atoms with E-state index in [0.29, 0.717) is 61.9 Å². The Morgan fingerprint density at radius 1 is 0.711 bits per heavy atom. The Kier molecular flexibility index (Phi) is 26.1. The maximum Gasteiger partial charge on any atom is 0.426 e. The van der Waals surface area contributed by atoms with Crippen molar-refractivity contribution in [2.45, 2.75) is 201 Å². The Labute approximate surface area is 585 Å². The second-order valence-electron chi connectivity index (χ2n) is 28.2. The maximum absolute atomic E-state index is 14.0. The molecule has 7 aromatic rings. The number of carbonyl (C=O) groups is 4. The van der Waals surface area contributed by atoms with Crippen molar-refractivity contribution in [1.82, 2.24) is 5.32 Å². The van der Waals surface area contributed by atoms with E-state index >= 15 is 0 Å². The Bertz CT molecular complexity index is 3910. The summed E-state index contributed by atoms with van der Waals surface area (Å²) in [6, 6.07) is 45.9. The summed E-state index contributed by atoms with van der Waals surface area (Å²) in [5.41, 5.74) is -1.34. The lowest BCUT2D eigenvalue weighted by Gasteiger charge is -2.60. The summed E-state index contributed by atoms with van der Waals surface area (Å²) in [6.45, 7) is 21.4. The van der Waals surface area contributed by atoms with Gasteiger partial charge >= 0.3 is 18.1 Å². The van der Waals surface area contributed by atoms with Crippen molar-refractivity contribution in [2.75, 3.05) is 5.75 Å². The van der Waals surface area contributed by atoms with Crippen LogP contribution in [0, 0.1) is 37.5 Å². The lowest BCUT2D eigenvalue weighted by atomic mass is 9.48. The van der Waals surface area contributed by atoms with Gasteiger partial charge in [0.2, 0.25) is 12.0 Å². The molecule has 4 bridgehead atoms. The molecule has 2 amide bonds. The van der Waals surface area contributed by atoms with Gasteiger partial charge in [-0.25, -0.2) is 12.8 Å². The first-order valence-electron chi connectivity index (χ1n) is 33.5. The van der Waals surface area contributed by atoms with E-state index < -0.39 is 67.8 Å². The van der Waals surface area contributed by atoms with Crippen molar-refractivity contribution in [1.29, 1.82) is 0 Å². The summed E-state index contributed by atoms with van der Waals surface area (Å²) < 4.78 is 107. The number of carbonyl (C=O) groups excluding carboxylic acids is 4. The number of rotatable bonds is 17. The molecule has 0 saturated heterocycles. The Hall–Kier alpha value is -6.62. The molecule has 5 atom stereocenters. The van der Waals surface area contributed by atoms with Crippen LogP contribution in [0.3, 0.4) is 0 Å². The quantitative estimate of drug-likeness (QED) is 0.0256. The molecule has 5 saturated carbocycles. The first kappa shape index (κ1) is 77.7. The standard InChI is InChI=1S/C20H29F3O7S.C18H13S.C16H23FO.C13H16INO3.C10H14O/c1-4-17(2,3)15(24)30-19-8-12-5-13(9-19)7-18(6-12,11-19)16(25)29-14(20(21,22)23)10-31(26,27)28;1-2-8-14(9-3-1)19-17-12-6-4-10-15(17)16-11-5-7-13-18(16)19;1-4-12(2)13-7-8-15(14(17)11-13)18-16(3)9-5-6-10-16;1-4-13(2,3)12(18)15-11(17)9-7-8(14)5-6-10(9)16;1-3-8(2)9-5-4-6-10(11)7-9/h12-14H,4-11H2,1-3H3,(H,26,27,28);1-13H;7-8,11-12H,4-6,9-10H2,1-3H3;5-7,16H,4H2,1-3H3,(H,15,17,18);4-8,11H,3H2,1-2H3/q;+1;;;/p-1. The van der Waals surface area contributed by atoms with Crippen LogP contribution in [-0.4, -0.2) is 76.2 Å². The van der Waals surface area contributed by atoms with E-state index in [4.69, 9.17) is 14.6 Å². The molecule has 0 spiro atoms. The number of hydrogen-bond acceptors (Lipinski definition) is 12. The Morgan fingerprint density at radius 2 is 1.26 bits per heavy atom. The van der Waals surface area contributed by atoms with Crippen LogP contribution in [0.1, 0.15) is 199 Å². The number of esters is 2. The largest absolute Gasteiger partial charge is 0.748 e. The smallest absolute Gasteiger partial charge is 0.426 e. The Balaban J connectivity index is 0.000000177. The number of benzene rings is 6. The van der Waals surface area contributed by atoms with Crippen LogP contribution in [0.5, 0.6) is 17.2 Å². The van der Waals surface area contributed by atoms with Crippen LogP contribution in [0.25, 0.3) is 25.1 Å². The lowest BCUT2D eigenvalue weighted by Crippen LogP contribution is -2.61. The molecule has 1 aromatic heterocycles. The average molecular weight is 1490 g/mol. The third-order valence-electron chi connectivity index (χ3n) is 19.8. The first-order chi connectivity index (χ1) is 45.5. The zero-order valence-corrected chi connectivity index (χ0v) is 61.2. The fourth-order valence-electron chi connectivity index (χ4n) is 13.2. The van der Waals surface area contributed by atoms with Gasteiger partial charge in [0.1, 0.15) is 22.7 Å². The molecule has 3 N–H and O–H groups in total. The zero-order chi connectivity index (χ0) is 71.5. The van der Waals surface area contributed by atoms with Crippen LogP contribution in [0.4, 0.5) is 17.6 Å². The normalized spacial score (nSPS) is 20.2. The fourth-order valence-corrected chi connectivity index (χ4v) is 16.7. The molecule has 12 rings (SSSR count). The third kappa shape index (κ3) is 20.3. The van der Waals surface area contributed by atoms with Crippen molar-refractivity contribution >= 4 is 87.1 Å². The van der Waals surface area contributed by atoms with E-state index in [2.05, 4.69) is 124 Å². The minimum Gasteiger partial charge on any atom is -0.748 e. The van der Waals surface area contributed by atoms with Crippen molar-refractivity contribution in [2.24, 2.45) is 28.1 Å². The van der Waals surface area contributed by atoms with Gasteiger partial charge in [-0.05, 0) is 240 Å². The van der Waals surface area contributed by atoms with Crippen molar-refractivity contribution in [3.63, 3.8) is 0 Å². The molecule has 1 heterocycles. The van der Waals surface area contributed by atoms with Crippen molar-refractivity contribution in [3.05, 3.63) is 166 Å². The SMILES string of the molecule is CCC(C)(C)C(=O)NC(=O)c1cc(I)ccc1O.CCC(C)(C)C(=O)OC12CC3CC(C1)CC(C(=O)OC(CS(=O)(=O)[O-])C(F)(F)F)(C3)C2.CCC(C)c1ccc(OC2(C)CCCC2)c(F)c1.CCC(C)c1cccc(O)c1.c1ccc(-[s+]2c3ccccc3c3ccccc32)cc1. The number of alkyl halides is 3. The number of phenols is 2. The Morgan fingerprint density at radius 3 is 1.77 bits per heavy atom. The van der Waals surface area contributed by atoms with Gasteiger partial charge in [0, 0.05) is 36.6 Å². The average Bonchev–Trinajstić information content (AvgIpc) is 1.52. The van der Waals surface area contributed by atoms with E-state index in [1.807, 2.05) is 60.7 Å². The van der Waals surface area contributed by atoms with Gasteiger partial charge in [-0.3, -0.25) is 24.5 Å². The molecule has 97 heavy (non-hydrogen) atoms. The lowest BCUT2D eigenvalue weighted by molar-refractivity contribution is -0.239. The van der Waals surface area contributed by atoms with E-state index in [9.17, 15) is 54.8 Å². The number of phenolic OH excluding ortho intramolecular Hbond substituents is 2. The van der Waals surface area contributed by atoms with Crippen LogP contribution < -0.4 is 10.1 Å². The van der Waals surface area contributed by atoms with Crippen LogP contribution >= 0.6 is 33.1 Å². The number of imide groups is 1. The van der Waals surface area contributed by atoms with Gasteiger partial charge in [0.25, 0.3) is 5.91 Å². The summed E-state index contributed by atoms with van der Waals surface area (Å²) in [5, 5.41) is 23.9. The number of hydrogen-bond donors (Lipinski definition) is 3. The molecule has 20 heteroatoms. The van der Waals surface area contributed by atoms with E-state index in [0.717, 1.165) is 41.2 Å². The van der Waals surface area contributed by atoms with Gasteiger partial charge < -0.3 is 29.0 Å². The zero-order valence-electron chi connectivity index (χ0n) is 57.5. The van der Waals surface area contributed by atoms with Gasteiger partial charge in [0.15, 0.2) is 25.9 Å². The van der Waals surface area contributed by atoms with Crippen LogP contribution in [0.2, 0.25) is 0 Å². The highest BCUT2D eigenvalue weighted by Crippen LogP contribution is 2.64. The van der Waals surface area contributed by atoms with Gasteiger partial charge in [-0.2, -0.15) is 13.2 Å². The fraction of sp³-hybridized carbons (Fsp3) is 0.481. The third-order valence-corrected chi connectivity index (χ3v) is 23.5. The molecule has 5 aliphatic carbocycles. The van der Waals surface area contributed by atoms with E-state index in [1.165, 1.54) is 55.6 Å². The number of amides is 2. The molecular formula is C77H94F4INO12S2. The highest BCUT2D eigenvalue weighted by atomic mass is 127. The van der Waals surface area contributed by atoms with E-state index in [-0.39, 0.29) is 57.4 Å². The highest BCUT2D eigenvalue weighted by Gasteiger charge is 2.64. The van der Waals surface area contributed by atoms with Crippen LogP contribution in [0.15, 0.2) is 140 Å². The molecule has 0 aliphatic heterocycles. The summed E-state index contributed by atoms with van der Waals surface area (Å²) in [5.74, 6) is -2.99. The number of nitrogens with one attached hydrogen (secondary N) is 1. The number of halogens is 5. The van der Waals surface area contributed by atoms with Crippen LogP contribution in [-0.2, 0) is 34.0 Å². The van der Waals surface area contributed by atoms with Gasteiger partial charge in [-0.15, -0.1) is 0 Å². The topological polar surface area (TPSA) is 206 Å². The summed E-state index contributed by atoms with van der Waals surface area (Å²) in [6.07, 6.45) is 2.05. The second kappa shape index (κ2) is 32.6. The van der Waals surface area contributed by atoms with Crippen molar-refractivity contribution in [3.8, 4) is 22.1 Å². The second-order valence-corrected chi connectivity index (χ2v) is 32.8. The molecular weight excluding hydrogens is 1400 g/mol. The minimum atomic E-state index is -5.27. The number of aromatic hydroxyl groups is 2. The summed E-state index contributed by atoms with van der Waals surface area (Å²) in [4.78, 5) is 50.9. The minimum absolute atomic E-state index is 0.00100. The molecule has 526 valence electrons. The number of thiophene rings is 1. The summed E-state index contributed by atoms with van der Waals surface area (Å²) in [7, 11) is -5.21. The highest BCUT2D eigenvalue weighted by molar-refractivity contribution is 14.1. The molecule has 0 radical (unpaired) electrons. The van der Waals surface area contributed by atoms with Gasteiger partial charge in [0.05, 0.1) is 32.3 Å². The van der Waals surface area contributed by atoms with Gasteiger partial charge in [-0.1, -0.05) is 116 Å². The summed E-state index contributed by atoms with van der Waals surface area (Å²) >= 11 is 2.04. The molecule has 13 nitrogen and oxygen atoms in total. The molecule has 6 aromatic carbocycles. The molecule has 5 aliphatic rings. The molecule has 5 unspecified atom stereocenters. The maximum atomic E-state index is 14.0. The first-order valence-corrected chi connectivity index (χ1v) is 37.4. The monoisotopic (exact) mass is 1490 g/mol. The number of fused-ring (bicyclic) bond motifs is 3. The predicted molar refractivity (Wildman–Crippen MR) is 383 cm³/mol.